The van der Waals surface area contributed by atoms with Gasteiger partial charge in [0.2, 0.25) is 0 Å². The Morgan fingerprint density at radius 3 is 0.778 bits per heavy atom. The summed E-state index contributed by atoms with van der Waals surface area (Å²) in [5.74, 6) is 0. The van der Waals surface area contributed by atoms with Crippen LogP contribution in [-0.4, -0.2) is 19.6 Å². The molecule has 9 heteroatoms. The van der Waals surface area contributed by atoms with Gasteiger partial charge < -0.3 is 28.7 Å². The zero-order chi connectivity index (χ0) is 7.15. The first-order valence-electron chi connectivity index (χ1n) is 1.17. The van der Waals surface area contributed by atoms with Crippen LogP contribution in [-0.2, 0) is 29.6 Å². The molecule has 60 valence electrons. The molecule has 0 aliphatic carbocycles. The van der Waals surface area contributed by atoms with Crippen molar-refractivity contribution in [2.24, 2.45) is 0 Å². The van der Waals surface area contributed by atoms with Gasteiger partial charge in [-0.1, -0.05) is 0 Å². The molecule has 9 heavy (non-hydrogen) atoms. The van der Waals surface area contributed by atoms with Crippen molar-refractivity contribution in [1.29, 1.82) is 0 Å². The smallest absolute Gasteiger partial charge is 0.485 e. The van der Waals surface area contributed by atoms with Crippen molar-refractivity contribution in [3.63, 3.8) is 0 Å². The Morgan fingerprint density at radius 1 is 0.778 bits per heavy atom. The van der Waals surface area contributed by atoms with E-state index in [9.17, 15) is 0 Å². The van der Waals surface area contributed by atoms with Crippen LogP contribution in [0.5, 0.6) is 0 Å². The Hall–Kier alpha value is 0.962. The number of rotatable bonds is 0. The fourth-order valence-electron chi connectivity index (χ4n) is 0. The van der Waals surface area contributed by atoms with E-state index in [1.54, 1.807) is 0 Å². The molecule has 0 fully saturated rings. The molecule has 0 aromatic rings. The van der Waals surface area contributed by atoms with Crippen molar-refractivity contribution in [2.75, 3.05) is 0 Å². The number of hydrogen-bond donors (Lipinski definition) is 4. The van der Waals surface area contributed by atoms with Gasteiger partial charge in [-0.05, 0) is 0 Å². The maximum Gasteiger partial charge on any atom is 2.00 e. The van der Waals surface area contributed by atoms with Gasteiger partial charge in [-0.15, -0.1) is 0 Å². The molecule has 0 aromatic carbocycles. The minimum Gasteiger partial charge on any atom is -0.485 e. The second kappa shape index (κ2) is 11.7. The van der Waals surface area contributed by atoms with Crippen molar-refractivity contribution < 1.29 is 49.1 Å². The molecular weight excluding hydrogens is 264 g/mol. The predicted molar refractivity (Wildman–Crippen MR) is 24.1 cm³/mol. The zero-order valence-corrected chi connectivity index (χ0v) is 7.16. The van der Waals surface area contributed by atoms with E-state index in [-0.39, 0.29) is 20.4 Å². The summed E-state index contributed by atoms with van der Waals surface area (Å²) in [5.41, 5.74) is 0. The molecule has 0 saturated heterocycles. The third-order valence-corrected chi connectivity index (χ3v) is 0. The summed E-state index contributed by atoms with van der Waals surface area (Å²) in [6.45, 7) is 0. The Bertz CT molecular complexity index is 69.1. The Morgan fingerprint density at radius 2 is 0.778 bits per heavy atom. The fraction of sp³-hybridized carbons (Fsp3) is 0. The number of hydrogen-bond acceptors (Lipinski definition) is 2. The first-order chi connectivity index (χ1) is 3.46. The van der Waals surface area contributed by atoms with Crippen LogP contribution in [0.25, 0.3) is 0 Å². The van der Waals surface area contributed by atoms with Crippen molar-refractivity contribution in [1.82, 2.24) is 0 Å². The summed E-state index contributed by atoms with van der Waals surface area (Å²) >= 11 is 0. The minimum absolute atomic E-state index is 0. The van der Waals surface area contributed by atoms with Gasteiger partial charge in [-0.25, -0.2) is 0 Å². The molecule has 0 amide bonds. The Kier molecular flexibility index (Phi) is 21.5. The van der Waals surface area contributed by atoms with Gasteiger partial charge >= 0.3 is 20.4 Å². The first kappa shape index (κ1) is 16.5. The molecule has 0 atom stereocenters. The van der Waals surface area contributed by atoms with E-state index in [0.29, 0.717) is 0 Å². The van der Waals surface area contributed by atoms with E-state index >= 15 is 0 Å². The van der Waals surface area contributed by atoms with Crippen LogP contribution < -0.4 is 0 Å². The van der Waals surface area contributed by atoms with E-state index in [0.717, 1.165) is 0 Å². The van der Waals surface area contributed by atoms with E-state index in [1.807, 2.05) is 0 Å². The fourth-order valence-corrected chi connectivity index (χ4v) is 0. The molecule has 4 N–H and O–H groups in total. The van der Waals surface area contributed by atoms with Gasteiger partial charge in [0.25, 0.3) is 0 Å². The van der Waals surface area contributed by atoms with Crippen molar-refractivity contribution in [3.8, 4) is 0 Å². The van der Waals surface area contributed by atoms with Crippen LogP contribution in [0.2, 0.25) is 0 Å². The van der Waals surface area contributed by atoms with Crippen molar-refractivity contribution in [3.05, 3.63) is 0 Å². The molecule has 0 radical (unpaired) electrons. The van der Waals surface area contributed by atoms with Gasteiger partial charge in [0.15, 0.2) is 0 Å². The summed E-state index contributed by atoms with van der Waals surface area (Å²) in [6.07, 6.45) is 0. The minimum atomic E-state index is -2.87. The van der Waals surface area contributed by atoms with Crippen LogP contribution in [0.15, 0.2) is 0 Å². The average molecular weight is 268 g/mol. The van der Waals surface area contributed by atoms with Crippen LogP contribution >= 0.6 is 16.5 Å². The molecule has 0 spiro atoms. The van der Waals surface area contributed by atoms with Crippen molar-refractivity contribution in [2.45, 2.75) is 0 Å². The van der Waals surface area contributed by atoms with Gasteiger partial charge in [-0.2, -0.15) is 0 Å². The Labute approximate surface area is 66.1 Å². The maximum absolute atomic E-state index is 8.70. The van der Waals surface area contributed by atoms with E-state index in [4.69, 9.17) is 28.7 Å². The van der Waals surface area contributed by atoms with E-state index in [1.165, 1.54) is 0 Å². The molecule has 0 rings (SSSR count). The second-order valence-electron chi connectivity index (χ2n) is 0.505. The van der Waals surface area contributed by atoms with Gasteiger partial charge in [0, 0.05) is 0 Å². The second-order valence-corrected chi connectivity index (χ2v) is 1.52. The predicted octanol–water partition coefficient (Wildman–Crippen LogP) is -0.746. The SMILES string of the molecule is O=[P-](O)O.O=[P-](O)O.[Pd+2]. The van der Waals surface area contributed by atoms with E-state index < -0.39 is 16.5 Å². The molecule has 0 aromatic heterocycles. The van der Waals surface area contributed by atoms with Crippen LogP contribution in [0.4, 0.5) is 0 Å². The van der Waals surface area contributed by atoms with Crippen LogP contribution in [0.1, 0.15) is 0 Å². The molecule has 0 bridgehead atoms. The standard InChI is InChI=1S/2H2O3P.Pd/c2*1-4(2)3;/h2*(H2,1,2,3);/q2*-1;+2. The summed E-state index contributed by atoms with van der Waals surface area (Å²) < 4.78 is 17.4. The molecule has 0 saturated carbocycles. The summed E-state index contributed by atoms with van der Waals surface area (Å²) in [7, 11) is -5.74. The summed E-state index contributed by atoms with van der Waals surface area (Å²) in [5, 5.41) is 0. The van der Waals surface area contributed by atoms with Gasteiger partial charge in [0.1, 0.15) is 0 Å². The molecular formula is H4O6P2Pd. The molecule has 0 heterocycles. The van der Waals surface area contributed by atoms with Gasteiger partial charge in [0.05, 0.1) is 16.5 Å². The normalized spacial score (nSPS) is 7.78. The first-order valence-corrected chi connectivity index (χ1v) is 3.50. The topological polar surface area (TPSA) is 115 Å². The maximum atomic E-state index is 8.70. The quantitative estimate of drug-likeness (QED) is 0.339. The largest absolute Gasteiger partial charge is 2.00 e. The third-order valence-electron chi connectivity index (χ3n) is 0. The summed E-state index contributed by atoms with van der Waals surface area (Å²) in [6, 6.07) is 0. The average Bonchev–Trinajstić information content (AvgIpc) is 1.25. The van der Waals surface area contributed by atoms with Crippen LogP contribution in [0, 0.1) is 0 Å². The molecule has 0 unspecified atom stereocenters. The molecule has 0 aliphatic rings. The Balaban J connectivity index is -0.0000000720. The van der Waals surface area contributed by atoms with Crippen molar-refractivity contribution >= 4 is 16.5 Å². The third kappa shape index (κ3) is 469. The summed E-state index contributed by atoms with van der Waals surface area (Å²) in [4.78, 5) is 28.5. The zero-order valence-electron chi connectivity index (χ0n) is 3.82. The monoisotopic (exact) mass is 268 g/mol. The molecule has 0 aliphatic heterocycles. The molecule has 6 nitrogen and oxygen atoms in total. The van der Waals surface area contributed by atoms with E-state index in [2.05, 4.69) is 0 Å². The van der Waals surface area contributed by atoms with Gasteiger partial charge in [-0.3, -0.25) is 0 Å². The van der Waals surface area contributed by atoms with Crippen LogP contribution in [0.3, 0.4) is 0 Å².